The van der Waals surface area contributed by atoms with Gasteiger partial charge in [0.1, 0.15) is 11.6 Å². The van der Waals surface area contributed by atoms with Gasteiger partial charge in [-0.1, -0.05) is 11.6 Å². The van der Waals surface area contributed by atoms with Crippen LogP contribution in [0.1, 0.15) is 16.2 Å². The first-order valence-corrected chi connectivity index (χ1v) is 7.14. The molecule has 6 heteroatoms. The predicted octanol–water partition coefficient (Wildman–Crippen LogP) is 2.24. The average Bonchev–Trinajstić information content (AvgIpc) is 2.94. The van der Waals surface area contributed by atoms with Crippen molar-refractivity contribution in [2.45, 2.75) is 13.1 Å². The summed E-state index contributed by atoms with van der Waals surface area (Å²) in [4.78, 5) is 18.7. The molecule has 0 atom stereocenters. The minimum absolute atomic E-state index is 0.0551. The lowest BCUT2D eigenvalue weighted by Crippen LogP contribution is -2.37. The summed E-state index contributed by atoms with van der Waals surface area (Å²) in [5, 5.41) is 0.456. The smallest absolute Gasteiger partial charge is 0.176 e. The normalized spacial score (nSPS) is 14.8. The number of carbonyl (C=O) groups excluding carboxylic acids is 1. The molecule has 0 unspecified atom stereocenters. The lowest BCUT2D eigenvalue weighted by atomic mass is 10.1. The quantitative estimate of drug-likeness (QED) is 0.813. The fourth-order valence-corrected chi connectivity index (χ4v) is 2.75. The van der Waals surface area contributed by atoms with Crippen LogP contribution in [0.4, 0.5) is 0 Å². The Hall–Kier alpha value is -1.85. The molecule has 0 saturated carbocycles. The molecule has 1 aromatic heterocycles. The van der Waals surface area contributed by atoms with Gasteiger partial charge in [-0.3, -0.25) is 9.69 Å². The van der Waals surface area contributed by atoms with Crippen molar-refractivity contribution in [2.75, 3.05) is 20.2 Å². The van der Waals surface area contributed by atoms with Gasteiger partial charge >= 0.3 is 0 Å². The van der Waals surface area contributed by atoms with Crippen LogP contribution in [0.2, 0.25) is 5.02 Å². The summed E-state index contributed by atoms with van der Waals surface area (Å²) in [6, 6.07) is 5.13. The van der Waals surface area contributed by atoms with Gasteiger partial charge in [0.25, 0.3) is 0 Å². The van der Waals surface area contributed by atoms with Gasteiger partial charge in [-0.2, -0.15) is 0 Å². The molecule has 1 aliphatic rings. The van der Waals surface area contributed by atoms with Crippen molar-refractivity contribution < 1.29 is 9.53 Å². The summed E-state index contributed by atoms with van der Waals surface area (Å²) in [7, 11) is 1.55. The number of ether oxygens (including phenoxy) is 1. The molecule has 110 valence electrons. The Kier molecular flexibility index (Phi) is 3.94. The van der Waals surface area contributed by atoms with Crippen molar-refractivity contribution in [1.82, 2.24) is 14.5 Å². The molecule has 0 saturated heterocycles. The maximum atomic E-state index is 12.3. The first kappa shape index (κ1) is 14.1. The van der Waals surface area contributed by atoms with Gasteiger partial charge in [0, 0.05) is 31.0 Å². The van der Waals surface area contributed by atoms with Gasteiger partial charge in [-0.25, -0.2) is 4.98 Å². The summed E-state index contributed by atoms with van der Waals surface area (Å²) >= 11 is 6.06. The van der Waals surface area contributed by atoms with Crippen LogP contribution < -0.4 is 4.74 Å². The summed E-state index contributed by atoms with van der Waals surface area (Å²) in [5.74, 6) is 1.63. The molecule has 2 heterocycles. The maximum absolute atomic E-state index is 12.3. The van der Waals surface area contributed by atoms with E-state index in [9.17, 15) is 4.79 Å². The minimum atomic E-state index is 0.0551. The Morgan fingerprint density at radius 1 is 1.43 bits per heavy atom. The second-order valence-corrected chi connectivity index (χ2v) is 5.43. The first-order chi connectivity index (χ1) is 10.2. The maximum Gasteiger partial charge on any atom is 0.176 e. The zero-order valence-corrected chi connectivity index (χ0v) is 12.5. The molecule has 0 N–H and O–H groups in total. The zero-order valence-electron chi connectivity index (χ0n) is 11.8. The zero-order chi connectivity index (χ0) is 14.8. The van der Waals surface area contributed by atoms with Gasteiger partial charge in [0.05, 0.1) is 25.2 Å². The van der Waals surface area contributed by atoms with Crippen molar-refractivity contribution in [1.29, 1.82) is 0 Å². The monoisotopic (exact) mass is 305 g/mol. The molecule has 3 rings (SSSR count). The molecule has 1 aromatic carbocycles. The van der Waals surface area contributed by atoms with Crippen LogP contribution in [0.25, 0.3) is 0 Å². The highest BCUT2D eigenvalue weighted by Crippen LogP contribution is 2.25. The number of carbonyl (C=O) groups is 1. The van der Waals surface area contributed by atoms with E-state index in [2.05, 4.69) is 14.5 Å². The second kappa shape index (κ2) is 5.87. The first-order valence-electron chi connectivity index (χ1n) is 6.76. The van der Waals surface area contributed by atoms with Gasteiger partial charge in [-0.05, 0) is 18.2 Å². The lowest BCUT2D eigenvalue weighted by molar-refractivity contribution is 0.0908. The van der Waals surface area contributed by atoms with E-state index in [1.165, 1.54) is 0 Å². The highest BCUT2D eigenvalue weighted by molar-refractivity contribution is 6.32. The van der Waals surface area contributed by atoms with Gasteiger partial charge in [-0.15, -0.1) is 0 Å². The van der Waals surface area contributed by atoms with Gasteiger partial charge in [0.2, 0.25) is 0 Å². The number of aromatic nitrogens is 2. The largest absolute Gasteiger partial charge is 0.495 e. The molecule has 0 bridgehead atoms. The summed E-state index contributed by atoms with van der Waals surface area (Å²) < 4.78 is 7.21. The minimum Gasteiger partial charge on any atom is -0.495 e. The molecule has 5 nitrogen and oxygen atoms in total. The Balaban J connectivity index is 1.68. The molecule has 0 aliphatic carbocycles. The van der Waals surface area contributed by atoms with E-state index in [-0.39, 0.29) is 5.78 Å². The summed E-state index contributed by atoms with van der Waals surface area (Å²) in [6.45, 7) is 2.78. The van der Waals surface area contributed by atoms with Crippen molar-refractivity contribution in [3.8, 4) is 5.75 Å². The topological polar surface area (TPSA) is 47.4 Å². The molecule has 0 fully saturated rings. The van der Waals surface area contributed by atoms with Gasteiger partial charge < -0.3 is 9.30 Å². The number of nitrogens with zero attached hydrogens (tertiary/aromatic N) is 3. The second-order valence-electron chi connectivity index (χ2n) is 5.02. The molecule has 2 aromatic rings. The number of methoxy groups -OCH3 is 1. The Morgan fingerprint density at radius 3 is 3.05 bits per heavy atom. The van der Waals surface area contributed by atoms with Crippen LogP contribution in [-0.2, 0) is 13.1 Å². The number of fused-ring (bicyclic) bond motifs is 1. The summed E-state index contributed by atoms with van der Waals surface area (Å²) in [5.41, 5.74) is 0.606. The highest BCUT2D eigenvalue weighted by atomic mass is 35.5. The molecule has 21 heavy (non-hydrogen) atoms. The standard InChI is InChI=1S/C15H16ClN3O2/c1-21-14-3-2-11(8-12(14)16)13(20)9-18-6-7-19-5-4-17-15(19)10-18/h2-5,8H,6-7,9-10H2,1H3. The predicted molar refractivity (Wildman–Crippen MR) is 79.8 cm³/mol. The third-order valence-electron chi connectivity index (χ3n) is 3.66. The van der Waals surface area contributed by atoms with E-state index in [1.807, 2.05) is 6.20 Å². The number of imidazole rings is 1. The van der Waals surface area contributed by atoms with Crippen molar-refractivity contribution in [3.63, 3.8) is 0 Å². The highest BCUT2D eigenvalue weighted by Gasteiger charge is 2.19. The van der Waals surface area contributed by atoms with Crippen molar-refractivity contribution >= 4 is 17.4 Å². The van der Waals surface area contributed by atoms with E-state index in [4.69, 9.17) is 16.3 Å². The number of hydrogen-bond acceptors (Lipinski definition) is 4. The van der Waals surface area contributed by atoms with Crippen LogP contribution in [0.5, 0.6) is 5.75 Å². The molecule has 0 amide bonds. The van der Waals surface area contributed by atoms with E-state index >= 15 is 0 Å². The number of hydrogen-bond donors (Lipinski definition) is 0. The van der Waals surface area contributed by atoms with E-state index in [0.717, 1.165) is 18.9 Å². The third kappa shape index (κ3) is 2.94. The average molecular weight is 306 g/mol. The van der Waals surface area contributed by atoms with Crippen LogP contribution in [-0.4, -0.2) is 40.4 Å². The SMILES string of the molecule is COc1ccc(C(=O)CN2CCn3ccnc3C2)cc1Cl. The number of ketones is 1. The van der Waals surface area contributed by atoms with Gasteiger partial charge in [0.15, 0.2) is 5.78 Å². The number of Topliss-reactive ketones (excluding diaryl/α,β-unsaturated/α-hetero) is 1. The Bertz CT molecular complexity index is 669. The Labute approximate surface area is 128 Å². The molecule has 0 spiro atoms. The van der Waals surface area contributed by atoms with Crippen LogP contribution in [0.3, 0.4) is 0 Å². The third-order valence-corrected chi connectivity index (χ3v) is 3.96. The molecule has 1 aliphatic heterocycles. The van der Waals surface area contributed by atoms with E-state index < -0.39 is 0 Å². The summed E-state index contributed by atoms with van der Waals surface area (Å²) in [6.07, 6.45) is 3.77. The van der Waals surface area contributed by atoms with Crippen LogP contribution >= 0.6 is 11.6 Å². The Morgan fingerprint density at radius 2 is 2.29 bits per heavy atom. The lowest BCUT2D eigenvalue weighted by Gasteiger charge is -2.26. The van der Waals surface area contributed by atoms with E-state index in [1.54, 1.807) is 31.5 Å². The van der Waals surface area contributed by atoms with E-state index in [0.29, 0.717) is 29.4 Å². The van der Waals surface area contributed by atoms with Crippen molar-refractivity contribution in [3.05, 3.63) is 47.0 Å². The molecular weight excluding hydrogens is 290 g/mol. The fourth-order valence-electron chi connectivity index (χ4n) is 2.49. The van der Waals surface area contributed by atoms with Crippen LogP contribution in [0, 0.1) is 0 Å². The fraction of sp³-hybridized carbons (Fsp3) is 0.333. The number of benzene rings is 1. The number of rotatable bonds is 4. The van der Waals surface area contributed by atoms with Crippen molar-refractivity contribution in [2.24, 2.45) is 0 Å². The molecule has 0 radical (unpaired) electrons. The molecular formula is C15H16ClN3O2. The number of halogens is 1. The van der Waals surface area contributed by atoms with Crippen LogP contribution in [0.15, 0.2) is 30.6 Å².